The summed E-state index contributed by atoms with van der Waals surface area (Å²) in [6.07, 6.45) is -11.7. The summed E-state index contributed by atoms with van der Waals surface area (Å²) in [5.74, 6) is -3.93. The molecule has 0 saturated carbocycles. The summed E-state index contributed by atoms with van der Waals surface area (Å²) in [7, 11) is -9.12. The molecular formula is C33H26F6N4O7S2. The van der Waals surface area contributed by atoms with E-state index >= 15 is 0 Å². The molecule has 4 aromatic carbocycles. The highest BCUT2D eigenvalue weighted by molar-refractivity contribution is 8.23. The van der Waals surface area contributed by atoms with Crippen molar-refractivity contribution in [1.29, 1.82) is 0 Å². The number of nitrogens with zero attached hydrogens (tertiary/aromatic N) is 2. The number of hydrogen-bond acceptors (Lipinski definition) is 8. The first-order chi connectivity index (χ1) is 24.3. The summed E-state index contributed by atoms with van der Waals surface area (Å²) >= 11 is 0. The molecule has 0 radical (unpaired) electrons. The van der Waals surface area contributed by atoms with Gasteiger partial charge in [-0.15, -0.1) is 10.8 Å². The standard InChI is InChI=1S/C33H26F6N4O7S2/c34-32(35,36)24-17-22(14-15-23(24)20-6-2-1-3-7-20)52(48,49)43(50-31(45)33(37,38)39)27(30-40-25-8-4-5-9-26(25)41-30)16-19-10-12-21(13-11-19)28-18-29(44)42-51(28,46)47/h1-15,17,27-28,46-47H,16,18H2,(H,40,41)(H,42,44). The molecule has 0 aliphatic carbocycles. The lowest BCUT2D eigenvalue weighted by Gasteiger charge is -2.33. The molecule has 1 saturated heterocycles. The Bertz CT molecular complexity index is 2210. The third-order valence-corrected chi connectivity index (χ3v) is 11.5. The van der Waals surface area contributed by atoms with Gasteiger partial charge in [0.05, 0.1) is 27.9 Å². The molecule has 52 heavy (non-hydrogen) atoms. The maximum absolute atomic E-state index is 14.4. The molecule has 1 amide bonds. The highest BCUT2D eigenvalue weighted by Gasteiger charge is 2.48. The van der Waals surface area contributed by atoms with Crippen molar-refractivity contribution in [3.63, 3.8) is 0 Å². The van der Waals surface area contributed by atoms with Crippen LogP contribution >= 0.6 is 10.8 Å². The molecule has 4 N–H and O–H groups in total. The summed E-state index contributed by atoms with van der Waals surface area (Å²) in [6.45, 7) is 0. The minimum atomic E-state index is -5.74. The van der Waals surface area contributed by atoms with E-state index in [-0.39, 0.29) is 45.0 Å². The molecule has 1 aliphatic heterocycles. The molecule has 1 fully saturated rings. The molecule has 0 bridgehead atoms. The van der Waals surface area contributed by atoms with Gasteiger partial charge in [0.2, 0.25) is 5.91 Å². The van der Waals surface area contributed by atoms with Gasteiger partial charge in [0, 0.05) is 0 Å². The Balaban J connectivity index is 1.48. The Kier molecular flexibility index (Phi) is 9.60. The summed E-state index contributed by atoms with van der Waals surface area (Å²) in [5, 5.41) is -1.04. The highest BCUT2D eigenvalue weighted by atomic mass is 32.3. The molecule has 0 spiro atoms. The summed E-state index contributed by atoms with van der Waals surface area (Å²) in [6, 6.07) is 18.7. The first kappa shape index (κ1) is 36.8. The van der Waals surface area contributed by atoms with Crippen LogP contribution in [0.15, 0.2) is 102 Å². The second kappa shape index (κ2) is 13.6. The van der Waals surface area contributed by atoms with Gasteiger partial charge in [-0.25, -0.2) is 18.2 Å². The average molecular weight is 769 g/mol. The van der Waals surface area contributed by atoms with Crippen molar-refractivity contribution in [3.8, 4) is 11.1 Å². The van der Waals surface area contributed by atoms with E-state index < -0.39 is 78.8 Å². The number of para-hydroxylation sites is 2. The van der Waals surface area contributed by atoms with Crippen LogP contribution in [0.25, 0.3) is 22.2 Å². The maximum Gasteiger partial charge on any atom is 0.492 e. The van der Waals surface area contributed by atoms with Crippen molar-refractivity contribution >= 4 is 43.7 Å². The highest BCUT2D eigenvalue weighted by Crippen LogP contribution is 2.56. The number of halogens is 6. The number of carbonyl (C=O) groups is 2. The minimum Gasteiger partial charge on any atom is -0.344 e. The second-order valence-corrected chi connectivity index (χ2v) is 15.4. The van der Waals surface area contributed by atoms with E-state index in [2.05, 4.69) is 19.5 Å². The van der Waals surface area contributed by atoms with Crippen molar-refractivity contribution in [3.05, 3.63) is 120 Å². The van der Waals surface area contributed by atoms with Gasteiger partial charge in [0.25, 0.3) is 10.0 Å². The van der Waals surface area contributed by atoms with E-state index in [1.807, 2.05) is 0 Å². The van der Waals surface area contributed by atoms with E-state index in [1.54, 1.807) is 18.2 Å². The molecule has 11 nitrogen and oxygen atoms in total. The zero-order valence-corrected chi connectivity index (χ0v) is 27.9. The third kappa shape index (κ3) is 7.49. The molecule has 2 atom stereocenters. The lowest BCUT2D eigenvalue weighted by atomic mass is 9.99. The van der Waals surface area contributed by atoms with Crippen molar-refractivity contribution in [2.45, 2.75) is 41.4 Å². The Morgan fingerprint density at radius 3 is 2.19 bits per heavy atom. The monoisotopic (exact) mass is 768 g/mol. The normalized spacial score (nSPS) is 17.6. The summed E-state index contributed by atoms with van der Waals surface area (Å²) in [4.78, 5) is 34.6. The number of alkyl halides is 6. The lowest BCUT2D eigenvalue weighted by Crippen LogP contribution is -2.42. The smallest absolute Gasteiger partial charge is 0.344 e. The van der Waals surface area contributed by atoms with Gasteiger partial charge < -0.3 is 9.82 Å². The fraction of sp³-hybridized carbons (Fsp3) is 0.182. The van der Waals surface area contributed by atoms with E-state index in [1.165, 1.54) is 60.7 Å². The van der Waals surface area contributed by atoms with Gasteiger partial charge in [-0.3, -0.25) is 18.6 Å². The van der Waals surface area contributed by atoms with Gasteiger partial charge in [-0.05, 0) is 57.4 Å². The van der Waals surface area contributed by atoms with Crippen LogP contribution in [0.3, 0.4) is 0 Å². The Labute approximate surface area is 292 Å². The Hall–Kier alpha value is -4.95. The number of imidazole rings is 1. The number of sulfonamides is 1. The number of fused-ring (bicyclic) bond motifs is 1. The van der Waals surface area contributed by atoms with Crippen LogP contribution < -0.4 is 4.72 Å². The first-order valence-corrected chi connectivity index (χ1v) is 18.1. The van der Waals surface area contributed by atoms with Crippen molar-refractivity contribution < 1.29 is 58.3 Å². The zero-order chi connectivity index (χ0) is 37.6. The molecule has 19 heteroatoms. The minimum absolute atomic E-state index is 0.0710. The van der Waals surface area contributed by atoms with Crippen LogP contribution in [0.4, 0.5) is 26.3 Å². The number of H-pyrrole nitrogens is 1. The maximum atomic E-state index is 14.4. The van der Waals surface area contributed by atoms with Gasteiger partial charge in [-0.2, -0.15) is 26.3 Å². The number of carbonyl (C=O) groups excluding carboxylic acids is 2. The molecular weight excluding hydrogens is 743 g/mol. The number of rotatable bonds is 9. The number of benzene rings is 4. The fourth-order valence-corrected chi connectivity index (χ4v) is 8.54. The average Bonchev–Trinajstić information content (AvgIpc) is 3.64. The van der Waals surface area contributed by atoms with Crippen LogP contribution in [-0.2, 0) is 37.0 Å². The molecule has 6 rings (SSSR count). The third-order valence-electron chi connectivity index (χ3n) is 8.11. The quantitative estimate of drug-likeness (QED) is 0.0887. The molecule has 1 aliphatic rings. The van der Waals surface area contributed by atoms with Crippen LogP contribution in [0.5, 0.6) is 0 Å². The fourth-order valence-electron chi connectivity index (χ4n) is 5.67. The van der Waals surface area contributed by atoms with Crippen LogP contribution in [-0.4, -0.2) is 50.0 Å². The largest absolute Gasteiger partial charge is 0.492 e. The first-order valence-electron chi connectivity index (χ1n) is 15.1. The second-order valence-electron chi connectivity index (χ2n) is 11.6. The number of nitrogens with one attached hydrogen (secondary N) is 2. The van der Waals surface area contributed by atoms with E-state index in [9.17, 15) is 53.5 Å². The molecule has 274 valence electrons. The van der Waals surface area contributed by atoms with Crippen molar-refractivity contribution in [2.75, 3.05) is 0 Å². The molecule has 2 unspecified atom stereocenters. The predicted molar refractivity (Wildman–Crippen MR) is 175 cm³/mol. The Morgan fingerprint density at radius 2 is 1.60 bits per heavy atom. The van der Waals surface area contributed by atoms with Crippen molar-refractivity contribution in [1.82, 2.24) is 19.2 Å². The predicted octanol–water partition coefficient (Wildman–Crippen LogP) is 7.47. The number of hydrogen-bond donors (Lipinski definition) is 4. The number of aromatic amines is 1. The van der Waals surface area contributed by atoms with Gasteiger partial charge >= 0.3 is 18.3 Å². The van der Waals surface area contributed by atoms with Crippen LogP contribution in [0, 0.1) is 0 Å². The van der Waals surface area contributed by atoms with E-state index in [0.29, 0.717) is 5.52 Å². The van der Waals surface area contributed by atoms with Crippen LogP contribution in [0.1, 0.15) is 40.2 Å². The molecule has 1 aromatic heterocycles. The van der Waals surface area contributed by atoms with Gasteiger partial charge in [0.1, 0.15) is 17.1 Å². The number of hydroxylamine groups is 1. The number of amides is 1. The summed E-state index contributed by atoms with van der Waals surface area (Å²) < 4.78 is 135. The summed E-state index contributed by atoms with van der Waals surface area (Å²) in [5.41, 5.74) is -0.781. The SMILES string of the molecule is O=C1CC(c2ccc(CC(c3nc4ccccc4[nH]3)N(OC(=O)C(F)(F)F)S(=O)(=O)c3ccc(-c4ccccc4)c(C(F)(F)F)c3)cc2)S(O)(O)N1. The Morgan fingerprint density at radius 1 is 0.942 bits per heavy atom. The van der Waals surface area contributed by atoms with Gasteiger partial charge in [0.15, 0.2) is 0 Å². The zero-order valence-electron chi connectivity index (χ0n) is 26.2. The van der Waals surface area contributed by atoms with Crippen LogP contribution in [0.2, 0.25) is 0 Å². The lowest BCUT2D eigenvalue weighted by molar-refractivity contribution is -0.227. The number of aromatic nitrogens is 2. The van der Waals surface area contributed by atoms with E-state index in [0.717, 1.165) is 12.1 Å². The topological polar surface area (TPSA) is 162 Å². The van der Waals surface area contributed by atoms with E-state index in [4.69, 9.17) is 0 Å². The van der Waals surface area contributed by atoms with Crippen molar-refractivity contribution in [2.24, 2.45) is 0 Å². The van der Waals surface area contributed by atoms with Gasteiger partial charge in [-0.1, -0.05) is 72.8 Å². The molecule has 2 heterocycles. The molecule has 5 aromatic rings.